The number of aryl methyl sites for hydroxylation is 1. The van der Waals surface area contributed by atoms with E-state index in [0.29, 0.717) is 6.61 Å². The molecule has 0 bridgehead atoms. The summed E-state index contributed by atoms with van der Waals surface area (Å²) in [6.07, 6.45) is 11.4. The summed E-state index contributed by atoms with van der Waals surface area (Å²) in [6.45, 7) is 0.358. The topological polar surface area (TPSA) is 20.2 Å². The molecule has 0 fully saturated rings. The number of benzene rings is 3. The quantitative estimate of drug-likeness (QED) is 0.265. The highest BCUT2D eigenvalue weighted by Crippen LogP contribution is 2.11. The van der Waals surface area contributed by atoms with Gasteiger partial charge in [0, 0.05) is 6.61 Å². The van der Waals surface area contributed by atoms with Crippen molar-refractivity contribution in [1.82, 2.24) is 0 Å². The van der Waals surface area contributed by atoms with Crippen LogP contribution in [0.1, 0.15) is 56.9 Å². The molecule has 0 atom stereocenters. The Hall–Kier alpha value is -1.95. The Bertz CT molecular complexity index is 706. The lowest BCUT2D eigenvalue weighted by Crippen LogP contribution is -2.01. The number of aliphatic hydroxyl groups is 1. The molecule has 2 heteroatoms. The van der Waals surface area contributed by atoms with Crippen molar-refractivity contribution in [2.24, 2.45) is 0 Å². The van der Waals surface area contributed by atoms with Gasteiger partial charge >= 0.3 is 0 Å². The van der Waals surface area contributed by atoms with Crippen LogP contribution in [0.25, 0.3) is 0 Å². The van der Waals surface area contributed by atoms with Crippen molar-refractivity contribution in [2.75, 3.05) is 6.61 Å². The van der Waals surface area contributed by atoms with Crippen molar-refractivity contribution < 1.29 is 5.11 Å². The van der Waals surface area contributed by atoms with Crippen LogP contribution >= 0.6 is 8.58 Å². The molecule has 160 valence electrons. The van der Waals surface area contributed by atoms with Gasteiger partial charge in [-0.15, -0.1) is 0 Å². The molecule has 0 saturated heterocycles. The first kappa shape index (κ1) is 24.3. The van der Waals surface area contributed by atoms with Crippen LogP contribution in [0.4, 0.5) is 0 Å². The van der Waals surface area contributed by atoms with E-state index in [1.54, 1.807) is 0 Å². The van der Waals surface area contributed by atoms with Crippen molar-refractivity contribution in [3.63, 3.8) is 0 Å². The van der Waals surface area contributed by atoms with Crippen molar-refractivity contribution in [3.05, 3.63) is 96.6 Å². The van der Waals surface area contributed by atoms with Crippen LogP contribution in [-0.4, -0.2) is 11.7 Å². The fourth-order valence-corrected chi connectivity index (χ4v) is 4.65. The van der Waals surface area contributed by atoms with Crippen molar-refractivity contribution in [3.8, 4) is 0 Å². The molecule has 3 aromatic carbocycles. The molecule has 0 aromatic heterocycles. The van der Waals surface area contributed by atoms with Crippen molar-refractivity contribution in [2.45, 2.75) is 57.8 Å². The summed E-state index contributed by atoms with van der Waals surface area (Å²) in [5, 5.41) is 11.6. The zero-order valence-corrected chi connectivity index (χ0v) is 19.4. The fraction of sp³-hybridized carbons (Fsp3) is 0.357. The van der Waals surface area contributed by atoms with Crippen LogP contribution in [0, 0.1) is 0 Å². The van der Waals surface area contributed by atoms with Crippen LogP contribution < -0.4 is 10.6 Å². The van der Waals surface area contributed by atoms with Gasteiger partial charge in [0.2, 0.25) is 0 Å². The van der Waals surface area contributed by atoms with Crippen LogP contribution in [-0.2, 0) is 6.42 Å². The van der Waals surface area contributed by atoms with Gasteiger partial charge in [-0.2, -0.15) is 0 Å². The maximum absolute atomic E-state index is 8.65. The largest absolute Gasteiger partial charge is 0.396 e. The molecule has 30 heavy (non-hydrogen) atoms. The van der Waals surface area contributed by atoms with E-state index in [1.165, 1.54) is 67.5 Å². The smallest absolute Gasteiger partial charge is 0.0942 e. The summed E-state index contributed by atoms with van der Waals surface area (Å²) in [6, 6.07) is 32.1. The fourth-order valence-electron chi connectivity index (χ4n) is 3.44. The molecule has 0 aliphatic heterocycles. The molecular weight excluding hydrogens is 383 g/mol. The van der Waals surface area contributed by atoms with E-state index >= 15 is 0 Å². The first-order valence-electron chi connectivity index (χ1n) is 11.5. The predicted octanol–water partition coefficient (Wildman–Crippen LogP) is 6.39. The molecule has 3 aromatic rings. The minimum Gasteiger partial charge on any atom is -0.396 e. The third kappa shape index (κ3) is 11.9. The van der Waals surface area contributed by atoms with Gasteiger partial charge in [-0.1, -0.05) is 105 Å². The molecule has 0 radical (unpaired) electrons. The summed E-state index contributed by atoms with van der Waals surface area (Å²) < 4.78 is 0. The maximum Gasteiger partial charge on any atom is 0.0942 e. The van der Waals surface area contributed by atoms with E-state index in [9.17, 15) is 0 Å². The lowest BCUT2D eigenvalue weighted by Gasteiger charge is -2.02. The number of aliphatic hydroxyl groups excluding tert-OH is 1. The van der Waals surface area contributed by atoms with Gasteiger partial charge < -0.3 is 5.11 Å². The van der Waals surface area contributed by atoms with E-state index in [1.807, 2.05) is 0 Å². The lowest BCUT2D eigenvalue weighted by molar-refractivity contribution is 0.282. The highest BCUT2D eigenvalue weighted by atomic mass is 31.1. The Morgan fingerprint density at radius 1 is 0.467 bits per heavy atom. The predicted molar refractivity (Wildman–Crippen MR) is 136 cm³/mol. The molecule has 0 aliphatic carbocycles. The molecule has 0 heterocycles. The summed E-state index contributed by atoms with van der Waals surface area (Å²) in [5.41, 5.74) is 1.47. The Labute approximate surface area is 185 Å². The lowest BCUT2D eigenvalue weighted by atomic mass is 10.0. The molecular formula is C28H38OP+. The molecule has 1 nitrogen and oxygen atoms in total. The molecule has 0 aliphatic rings. The van der Waals surface area contributed by atoms with Crippen LogP contribution in [0.2, 0.25) is 0 Å². The van der Waals surface area contributed by atoms with Gasteiger partial charge in [0.05, 0.1) is 19.2 Å². The van der Waals surface area contributed by atoms with E-state index in [2.05, 4.69) is 91.0 Å². The average Bonchev–Trinajstić information content (AvgIpc) is 2.80. The summed E-state index contributed by atoms with van der Waals surface area (Å²) in [4.78, 5) is 0. The SMILES string of the molecule is OCCCCCCCCCCc1ccccc1.c1ccc([PH2+]c2ccccc2)cc1. The first-order valence-corrected chi connectivity index (χ1v) is 12.6. The molecule has 0 spiro atoms. The van der Waals surface area contributed by atoms with E-state index < -0.39 is 0 Å². The zero-order valence-electron chi connectivity index (χ0n) is 18.3. The van der Waals surface area contributed by atoms with E-state index in [0.717, 1.165) is 6.42 Å². The van der Waals surface area contributed by atoms with Crippen LogP contribution in [0.3, 0.4) is 0 Å². The number of hydrogen-bond acceptors (Lipinski definition) is 1. The number of rotatable bonds is 12. The third-order valence-corrected chi connectivity index (χ3v) is 6.59. The van der Waals surface area contributed by atoms with Gasteiger partial charge in [0.1, 0.15) is 0 Å². The molecule has 0 amide bonds. The second-order valence-corrected chi connectivity index (χ2v) is 9.38. The van der Waals surface area contributed by atoms with Gasteiger partial charge in [-0.3, -0.25) is 0 Å². The van der Waals surface area contributed by atoms with Gasteiger partial charge in [-0.25, -0.2) is 0 Å². The van der Waals surface area contributed by atoms with Crippen LogP contribution in [0.15, 0.2) is 91.0 Å². The zero-order chi connectivity index (χ0) is 21.1. The second-order valence-electron chi connectivity index (χ2n) is 7.75. The van der Waals surface area contributed by atoms with Gasteiger partial charge in [0.25, 0.3) is 0 Å². The Morgan fingerprint density at radius 2 is 0.867 bits per heavy atom. The second kappa shape index (κ2) is 16.8. The standard InChI is InChI=1S/C16H26O.C12H11P/c17-15-11-6-4-2-1-3-5-8-12-16-13-9-7-10-14-16;1-3-7-11(8-4-1)13-12-9-5-2-6-10-12/h7,9-10,13-14,17H,1-6,8,11-12,15H2;1-10,13H/p+1. The van der Waals surface area contributed by atoms with Crippen LogP contribution in [0.5, 0.6) is 0 Å². The molecule has 1 N–H and O–H groups in total. The van der Waals surface area contributed by atoms with E-state index in [4.69, 9.17) is 5.11 Å². The average molecular weight is 422 g/mol. The van der Waals surface area contributed by atoms with Crippen molar-refractivity contribution >= 4 is 19.2 Å². The first-order chi connectivity index (χ1) is 14.9. The highest BCUT2D eigenvalue weighted by Gasteiger charge is 2.00. The highest BCUT2D eigenvalue weighted by molar-refractivity contribution is 7.55. The Kier molecular flexibility index (Phi) is 13.6. The minimum atomic E-state index is 0.271. The Morgan fingerprint density at radius 3 is 1.33 bits per heavy atom. The molecule has 3 rings (SSSR count). The number of unbranched alkanes of at least 4 members (excludes halogenated alkanes) is 7. The number of hydrogen-bond donors (Lipinski definition) is 1. The normalized spacial score (nSPS) is 10.3. The maximum atomic E-state index is 8.65. The van der Waals surface area contributed by atoms with Gasteiger partial charge in [0.15, 0.2) is 0 Å². The molecule has 0 unspecified atom stereocenters. The summed E-state index contributed by atoms with van der Waals surface area (Å²) >= 11 is 0. The van der Waals surface area contributed by atoms with Crippen molar-refractivity contribution in [1.29, 1.82) is 0 Å². The molecule has 0 saturated carbocycles. The summed E-state index contributed by atoms with van der Waals surface area (Å²) in [7, 11) is 0.271. The summed E-state index contributed by atoms with van der Waals surface area (Å²) in [5.74, 6) is 0. The minimum absolute atomic E-state index is 0.271. The third-order valence-electron chi connectivity index (χ3n) is 5.15. The Balaban J connectivity index is 0.000000220. The van der Waals surface area contributed by atoms with Gasteiger partial charge in [-0.05, 0) is 49.1 Å². The van der Waals surface area contributed by atoms with E-state index in [-0.39, 0.29) is 8.58 Å². The monoisotopic (exact) mass is 421 g/mol.